The van der Waals surface area contributed by atoms with Gasteiger partial charge in [0, 0.05) is 38.2 Å². The van der Waals surface area contributed by atoms with Crippen LogP contribution in [0.4, 0.5) is 11.6 Å². The monoisotopic (exact) mass is 386 g/mol. The van der Waals surface area contributed by atoms with Crippen molar-refractivity contribution in [2.75, 3.05) is 36.5 Å². The first-order valence-electron chi connectivity index (χ1n) is 10.2. The Kier molecular flexibility index (Phi) is 6.07. The van der Waals surface area contributed by atoms with E-state index in [1.165, 1.54) is 0 Å². The topological polar surface area (TPSA) is 77.3 Å². The molecule has 8 heteroatoms. The maximum absolute atomic E-state index is 5.99. The Morgan fingerprint density at radius 1 is 1.25 bits per heavy atom. The molecular weight excluding hydrogens is 356 g/mol. The van der Waals surface area contributed by atoms with Crippen molar-refractivity contribution in [3.05, 3.63) is 30.9 Å². The third kappa shape index (κ3) is 4.62. The van der Waals surface area contributed by atoms with Gasteiger partial charge in [-0.15, -0.1) is 0 Å². The minimum absolute atomic E-state index is 0.0945. The molecule has 8 nitrogen and oxygen atoms in total. The number of aromatic nitrogens is 4. The van der Waals surface area contributed by atoms with Crippen LogP contribution in [0.5, 0.6) is 0 Å². The number of nitrogens with one attached hydrogen (secondary N) is 1. The fourth-order valence-electron chi connectivity index (χ4n) is 4.06. The Balaban J connectivity index is 1.41. The number of hydrogen-bond acceptors (Lipinski definition) is 7. The van der Waals surface area contributed by atoms with Crippen LogP contribution in [0.2, 0.25) is 0 Å². The van der Waals surface area contributed by atoms with Crippen LogP contribution in [0.25, 0.3) is 0 Å². The number of anilines is 2. The van der Waals surface area contributed by atoms with Gasteiger partial charge in [0.25, 0.3) is 0 Å². The lowest BCUT2D eigenvalue weighted by Crippen LogP contribution is -2.45. The van der Waals surface area contributed by atoms with Crippen LogP contribution in [0.3, 0.4) is 0 Å². The van der Waals surface area contributed by atoms with E-state index in [1.54, 1.807) is 12.5 Å². The van der Waals surface area contributed by atoms with Crippen molar-refractivity contribution >= 4 is 11.6 Å². The van der Waals surface area contributed by atoms with Crippen LogP contribution in [0.15, 0.2) is 30.9 Å². The van der Waals surface area contributed by atoms with Gasteiger partial charge in [-0.2, -0.15) is 5.10 Å². The molecule has 2 aliphatic heterocycles. The molecule has 0 radical (unpaired) electrons. The van der Waals surface area contributed by atoms with Crippen molar-refractivity contribution in [1.82, 2.24) is 19.7 Å². The van der Waals surface area contributed by atoms with Gasteiger partial charge >= 0.3 is 0 Å². The molecule has 3 atom stereocenters. The van der Waals surface area contributed by atoms with Crippen LogP contribution in [0.1, 0.15) is 26.7 Å². The third-order valence-electron chi connectivity index (χ3n) is 5.42. The van der Waals surface area contributed by atoms with Crippen molar-refractivity contribution < 1.29 is 9.47 Å². The van der Waals surface area contributed by atoms with E-state index in [-0.39, 0.29) is 18.2 Å². The van der Waals surface area contributed by atoms with Crippen molar-refractivity contribution in [2.24, 2.45) is 5.92 Å². The smallest absolute Gasteiger partial charge is 0.134 e. The Morgan fingerprint density at radius 2 is 2.18 bits per heavy atom. The zero-order valence-corrected chi connectivity index (χ0v) is 16.7. The molecule has 0 bridgehead atoms. The predicted octanol–water partition coefficient (Wildman–Crippen LogP) is 2.19. The minimum Gasteiger partial charge on any atom is -0.376 e. The standard InChI is InChI=1S/C20H30N6O2/c1-15(2)20-17(5-3-9-28-20)24-18-11-19(22-14-21-18)25-8-10-27-16(12-25)13-26-7-4-6-23-26/h4,6-7,11,14-17,20H,3,5,8-10,12-13H2,1-2H3,(H,21,22,24)/t16-,17+,20-/m0/s1. The first-order valence-corrected chi connectivity index (χ1v) is 10.2. The molecule has 0 aromatic carbocycles. The van der Waals surface area contributed by atoms with E-state index in [4.69, 9.17) is 9.47 Å². The summed E-state index contributed by atoms with van der Waals surface area (Å²) in [6.45, 7) is 8.32. The number of morpholine rings is 1. The first-order chi connectivity index (χ1) is 13.7. The lowest BCUT2D eigenvalue weighted by atomic mass is 9.94. The van der Waals surface area contributed by atoms with Gasteiger partial charge in [-0.1, -0.05) is 13.8 Å². The quantitative estimate of drug-likeness (QED) is 0.815. The van der Waals surface area contributed by atoms with E-state index < -0.39 is 0 Å². The van der Waals surface area contributed by atoms with Crippen molar-refractivity contribution in [2.45, 2.75) is 51.5 Å². The molecule has 0 amide bonds. The molecule has 4 rings (SSSR count). The second kappa shape index (κ2) is 8.87. The summed E-state index contributed by atoms with van der Waals surface area (Å²) in [5.74, 6) is 2.27. The fourth-order valence-corrected chi connectivity index (χ4v) is 4.06. The van der Waals surface area contributed by atoms with Crippen LogP contribution in [-0.2, 0) is 16.0 Å². The maximum Gasteiger partial charge on any atom is 0.134 e. The molecular formula is C20H30N6O2. The Hall–Kier alpha value is -2.19. The summed E-state index contributed by atoms with van der Waals surface area (Å²) in [6, 6.07) is 4.26. The summed E-state index contributed by atoms with van der Waals surface area (Å²) in [5, 5.41) is 7.87. The second-order valence-corrected chi connectivity index (χ2v) is 7.90. The number of hydrogen-bond donors (Lipinski definition) is 1. The SMILES string of the molecule is CC(C)[C@@H]1OCCC[C@H]1Nc1cc(N2CCO[C@H](Cn3cccn3)C2)ncn1. The Morgan fingerprint density at radius 3 is 3.00 bits per heavy atom. The second-order valence-electron chi connectivity index (χ2n) is 7.90. The summed E-state index contributed by atoms with van der Waals surface area (Å²) >= 11 is 0. The van der Waals surface area contributed by atoms with Gasteiger partial charge in [-0.3, -0.25) is 4.68 Å². The molecule has 0 aliphatic carbocycles. The van der Waals surface area contributed by atoms with E-state index in [2.05, 4.69) is 39.1 Å². The molecule has 28 heavy (non-hydrogen) atoms. The lowest BCUT2D eigenvalue weighted by Gasteiger charge is -2.36. The van der Waals surface area contributed by atoms with Gasteiger partial charge in [-0.05, 0) is 24.8 Å². The summed E-state index contributed by atoms with van der Waals surface area (Å²) in [5.41, 5.74) is 0. The molecule has 0 spiro atoms. The molecule has 2 fully saturated rings. The Labute approximate surface area is 166 Å². The highest BCUT2D eigenvalue weighted by molar-refractivity contribution is 5.49. The van der Waals surface area contributed by atoms with Gasteiger partial charge in [0.05, 0.1) is 31.4 Å². The van der Waals surface area contributed by atoms with Crippen LogP contribution >= 0.6 is 0 Å². The summed E-state index contributed by atoms with van der Waals surface area (Å²) < 4.78 is 13.8. The number of nitrogens with zero attached hydrogens (tertiary/aromatic N) is 5. The van der Waals surface area contributed by atoms with Gasteiger partial charge in [-0.25, -0.2) is 9.97 Å². The molecule has 2 aromatic heterocycles. The van der Waals surface area contributed by atoms with Crippen LogP contribution in [-0.4, -0.2) is 64.3 Å². The zero-order valence-electron chi connectivity index (χ0n) is 16.7. The van der Waals surface area contributed by atoms with Crippen LogP contribution < -0.4 is 10.2 Å². The average Bonchev–Trinajstić information content (AvgIpc) is 3.22. The minimum atomic E-state index is 0.0945. The lowest BCUT2D eigenvalue weighted by molar-refractivity contribution is -0.0203. The molecule has 0 saturated carbocycles. The molecule has 1 N–H and O–H groups in total. The van der Waals surface area contributed by atoms with Gasteiger partial charge in [0.1, 0.15) is 18.0 Å². The summed E-state index contributed by atoms with van der Waals surface area (Å²) in [6.07, 6.45) is 7.90. The number of ether oxygens (including phenoxy) is 2. The molecule has 0 unspecified atom stereocenters. The predicted molar refractivity (Wildman–Crippen MR) is 107 cm³/mol. The largest absolute Gasteiger partial charge is 0.376 e. The molecule has 2 aromatic rings. The van der Waals surface area contributed by atoms with E-state index in [0.717, 1.165) is 50.7 Å². The fraction of sp³-hybridized carbons (Fsp3) is 0.650. The molecule has 152 valence electrons. The van der Waals surface area contributed by atoms with Gasteiger partial charge < -0.3 is 19.7 Å². The highest BCUT2D eigenvalue weighted by Crippen LogP contribution is 2.25. The molecule has 2 saturated heterocycles. The normalized spacial score (nSPS) is 25.8. The molecule has 4 heterocycles. The first kappa shape index (κ1) is 19.1. The van der Waals surface area contributed by atoms with Crippen molar-refractivity contribution in [3.63, 3.8) is 0 Å². The average molecular weight is 387 g/mol. The molecule has 2 aliphatic rings. The van der Waals surface area contributed by atoms with E-state index >= 15 is 0 Å². The van der Waals surface area contributed by atoms with E-state index in [9.17, 15) is 0 Å². The van der Waals surface area contributed by atoms with E-state index in [0.29, 0.717) is 12.5 Å². The zero-order chi connectivity index (χ0) is 19.3. The highest BCUT2D eigenvalue weighted by atomic mass is 16.5. The van der Waals surface area contributed by atoms with Crippen molar-refractivity contribution in [1.29, 1.82) is 0 Å². The van der Waals surface area contributed by atoms with Crippen LogP contribution in [0, 0.1) is 5.92 Å². The number of rotatable bonds is 6. The van der Waals surface area contributed by atoms with Crippen molar-refractivity contribution in [3.8, 4) is 0 Å². The maximum atomic E-state index is 5.99. The van der Waals surface area contributed by atoms with Gasteiger partial charge in [0.15, 0.2) is 0 Å². The summed E-state index contributed by atoms with van der Waals surface area (Å²) in [7, 11) is 0. The van der Waals surface area contributed by atoms with Gasteiger partial charge in [0.2, 0.25) is 0 Å². The Bertz CT molecular complexity index is 738. The highest BCUT2D eigenvalue weighted by Gasteiger charge is 2.29. The third-order valence-corrected chi connectivity index (χ3v) is 5.42. The van der Waals surface area contributed by atoms with E-state index in [1.807, 2.05) is 23.0 Å². The summed E-state index contributed by atoms with van der Waals surface area (Å²) in [4.78, 5) is 11.2.